The van der Waals surface area contributed by atoms with Crippen molar-refractivity contribution in [2.24, 2.45) is 5.92 Å². The van der Waals surface area contributed by atoms with Gasteiger partial charge in [0.05, 0.1) is 17.6 Å². The van der Waals surface area contributed by atoms with Crippen molar-refractivity contribution in [3.63, 3.8) is 0 Å². The summed E-state index contributed by atoms with van der Waals surface area (Å²) in [5, 5.41) is 11.2. The average Bonchev–Trinajstić information content (AvgIpc) is 3.59. The summed E-state index contributed by atoms with van der Waals surface area (Å²) in [5.74, 6) is 0.658. The van der Waals surface area contributed by atoms with Gasteiger partial charge in [-0.15, -0.1) is 0 Å². The maximum absolute atomic E-state index is 15.2. The molecule has 0 saturated heterocycles. The van der Waals surface area contributed by atoms with Crippen LogP contribution in [-0.4, -0.2) is 30.1 Å². The van der Waals surface area contributed by atoms with Crippen LogP contribution in [-0.2, 0) is 0 Å². The van der Waals surface area contributed by atoms with Crippen LogP contribution < -0.4 is 5.32 Å². The number of aromatic nitrogens is 6. The Morgan fingerprint density at radius 2 is 1.92 bits per heavy atom. The van der Waals surface area contributed by atoms with Gasteiger partial charge in [0.25, 0.3) is 0 Å². The molecule has 188 valence electrons. The largest absolute Gasteiger partial charge is 0.358 e. The third-order valence-corrected chi connectivity index (χ3v) is 6.71. The van der Waals surface area contributed by atoms with Gasteiger partial charge in [-0.25, -0.2) is 9.37 Å². The zero-order valence-corrected chi connectivity index (χ0v) is 20.9. The van der Waals surface area contributed by atoms with Gasteiger partial charge in [-0.2, -0.15) is 5.10 Å². The Bertz CT molecular complexity index is 1710. The minimum atomic E-state index is -0.423. The number of halogens is 1. The number of imidazole rings is 1. The molecule has 0 aliphatic heterocycles. The van der Waals surface area contributed by atoms with Crippen molar-refractivity contribution in [3.8, 4) is 22.6 Å². The van der Waals surface area contributed by atoms with E-state index >= 15 is 4.39 Å². The summed E-state index contributed by atoms with van der Waals surface area (Å²) in [4.78, 5) is 16.7. The van der Waals surface area contributed by atoms with E-state index in [1.807, 2.05) is 37.3 Å². The molecule has 1 fully saturated rings. The summed E-state index contributed by atoms with van der Waals surface area (Å²) in [6.45, 7) is 9.94. The molecule has 0 bridgehead atoms. The molecule has 1 aromatic carbocycles. The highest BCUT2D eigenvalue weighted by Crippen LogP contribution is 2.37. The van der Waals surface area contributed by atoms with Gasteiger partial charge in [0.1, 0.15) is 11.2 Å². The molecule has 8 heteroatoms. The summed E-state index contributed by atoms with van der Waals surface area (Å²) in [7, 11) is 0. The van der Waals surface area contributed by atoms with Crippen molar-refractivity contribution in [2.45, 2.75) is 19.8 Å². The number of anilines is 1. The van der Waals surface area contributed by atoms with Crippen molar-refractivity contribution in [2.75, 3.05) is 5.32 Å². The van der Waals surface area contributed by atoms with Crippen molar-refractivity contribution >= 4 is 22.2 Å². The van der Waals surface area contributed by atoms with E-state index in [-0.39, 0.29) is 5.52 Å². The van der Waals surface area contributed by atoms with Gasteiger partial charge in [-0.1, -0.05) is 25.3 Å². The summed E-state index contributed by atoms with van der Waals surface area (Å²) in [6, 6.07) is 9.20. The monoisotopic (exact) mass is 503 g/mol. The first-order valence-corrected chi connectivity index (χ1v) is 12.4. The molecule has 5 aromatic rings. The Kier molecular flexibility index (Phi) is 5.92. The van der Waals surface area contributed by atoms with Crippen LogP contribution in [0.25, 0.3) is 39.1 Å². The molecule has 1 aliphatic rings. The number of nitrogens with one attached hydrogen (secondary N) is 3. The molecule has 1 aliphatic carbocycles. The van der Waals surface area contributed by atoms with Crippen LogP contribution in [0.4, 0.5) is 10.1 Å². The quantitative estimate of drug-likeness (QED) is 0.202. The van der Waals surface area contributed by atoms with Gasteiger partial charge in [-0.05, 0) is 67.1 Å². The van der Waals surface area contributed by atoms with Crippen LogP contribution in [0.15, 0.2) is 86.1 Å². The Morgan fingerprint density at radius 3 is 2.68 bits per heavy atom. The molecule has 0 spiro atoms. The lowest BCUT2D eigenvalue weighted by Gasteiger charge is -2.10. The van der Waals surface area contributed by atoms with Crippen molar-refractivity contribution < 1.29 is 4.39 Å². The molecule has 0 unspecified atom stereocenters. The van der Waals surface area contributed by atoms with Crippen LogP contribution in [0, 0.1) is 18.7 Å². The first kappa shape index (κ1) is 23.5. The van der Waals surface area contributed by atoms with Gasteiger partial charge < -0.3 is 10.3 Å². The Morgan fingerprint density at radius 1 is 1.11 bits per heavy atom. The topological polar surface area (TPSA) is 95.2 Å². The number of fused-ring (bicyclic) bond motifs is 1. The lowest BCUT2D eigenvalue weighted by Crippen LogP contribution is -2.00. The maximum atomic E-state index is 15.2. The molecule has 6 rings (SSSR count). The zero-order chi connectivity index (χ0) is 26.2. The molecule has 0 radical (unpaired) electrons. The summed E-state index contributed by atoms with van der Waals surface area (Å²) >= 11 is 0. The van der Waals surface area contributed by atoms with E-state index in [4.69, 9.17) is 4.98 Å². The lowest BCUT2D eigenvalue weighted by molar-refractivity contribution is 0.636. The Labute approximate surface area is 219 Å². The van der Waals surface area contributed by atoms with Gasteiger partial charge in [-0.3, -0.25) is 15.1 Å². The van der Waals surface area contributed by atoms with E-state index in [2.05, 4.69) is 43.6 Å². The molecule has 4 heterocycles. The molecule has 3 N–H and O–H groups in total. The molecular weight excluding hydrogens is 477 g/mol. The highest BCUT2D eigenvalue weighted by atomic mass is 19.1. The number of aryl methyl sites for hydroxylation is 1. The van der Waals surface area contributed by atoms with E-state index in [1.54, 1.807) is 30.9 Å². The SMILES string of the molecule is C=C/C=C(/c1ccncc1)c1nc(-c2[nH]nc3c(F)cc(-c4cncc(NC(=C)C5CC5)c4)cc23)[nH]c1C. The van der Waals surface area contributed by atoms with E-state index < -0.39 is 5.82 Å². The smallest absolute Gasteiger partial charge is 0.156 e. The van der Waals surface area contributed by atoms with Crippen molar-refractivity contribution in [3.05, 3.63) is 109 Å². The normalized spacial score (nSPS) is 13.6. The van der Waals surface area contributed by atoms with E-state index in [9.17, 15) is 0 Å². The van der Waals surface area contributed by atoms with Gasteiger partial charge in [0, 0.05) is 46.5 Å². The molecule has 38 heavy (non-hydrogen) atoms. The van der Waals surface area contributed by atoms with E-state index in [1.165, 1.54) is 6.07 Å². The third-order valence-electron chi connectivity index (χ3n) is 6.71. The zero-order valence-electron chi connectivity index (χ0n) is 20.9. The first-order chi connectivity index (χ1) is 18.5. The van der Waals surface area contributed by atoms with Gasteiger partial charge in [0.15, 0.2) is 11.6 Å². The summed E-state index contributed by atoms with van der Waals surface area (Å²) in [5.41, 5.74) is 7.66. The number of allylic oxidation sites excluding steroid dienone is 3. The minimum absolute atomic E-state index is 0.250. The summed E-state index contributed by atoms with van der Waals surface area (Å²) < 4.78 is 15.2. The second kappa shape index (κ2) is 9.55. The van der Waals surface area contributed by atoms with Gasteiger partial charge >= 0.3 is 0 Å². The first-order valence-electron chi connectivity index (χ1n) is 12.4. The predicted molar refractivity (Wildman–Crippen MR) is 149 cm³/mol. The number of benzene rings is 1. The summed E-state index contributed by atoms with van der Waals surface area (Å²) in [6.07, 6.45) is 12.9. The molecule has 7 nitrogen and oxygen atoms in total. The van der Waals surface area contributed by atoms with Crippen LogP contribution >= 0.6 is 0 Å². The van der Waals surface area contributed by atoms with Gasteiger partial charge in [0.2, 0.25) is 0 Å². The molecule has 4 aromatic heterocycles. The number of rotatable bonds is 8. The lowest BCUT2D eigenvalue weighted by atomic mass is 10.0. The van der Waals surface area contributed by atoms with Crippen LogP contribution in [0.5, 0.6) is 0 Å². The maximum Gasteiger partial charge on any atom is 0.156 e. The molecular formula is C30H26FN7. The number of pyridine rings is 2. The highest BCUT2D eigenvalue weighted by molar-refractivity contribution is 5.95. The Balaban J connectivity index is 1.40. The molecule has 1 saturated carbocycles. The number of nitrogens with zero attached hydrogens (tertiary/aromatic N) is 4. The fourth-order valence-corrected chi connectivity index (χ4v) is 4.61. The average molecular weight is 504 g/mol. The predicted octanol–water partition coefficient (Wildman–Crippen LogP) is 6.81. The van der Waals surface area contributed by atoms with Crippen molar-refractivity contribution in [1.82, 2.24) is 30.1 Å². The highest BCUT2D eigenvalue weighted by Gasteiger charge is 2.25. The van der Waals surface area contributed by atoms with E-state index in [0.29, 0.717) is 28.4 Å². The number of H-pyrrole nitrogens is 2. The van der Waals surface area contributed by atoms with E-state index in [0.717, 1.165) is 52.3 Å². The van der Waals surface area contributed by atoms with Crippen LogP contribution in [0.2, 0.25) is 0 Å². The van der Waals surface area contributed by atoms with Crippen molar-refractivity contribution in [1.29, 1.82) is 0 Å². The van der Waals surface area contributed by atoms with Crippen LogP contribution in [0.3, 0.4) is 0 Å². The number of aromatic amines is 2. The molecule has 0 amide bonds. The second-order valence-electron chi connectivity index (χ2n) is 9.45. The number of hydrogen-bond donors (Lipinski definition) is 3. The standard InChI is InChI=1S/C30H26FN7/c1-4-5-24(20-8-10-32-11-9-20)27-18(3)35-30(36-27)29-25-13-21(14-26(31)28(25)37-38-29)22-12-23(16-33-15-22)34-17(2)19-6-7-19/h4-5,8-16,19,34H,1-2,6-7H2,3H3,(H,35,36)(H,37,38)/b24-5-. The number of hydrogen-bond acceptors (Lipinski definition) is 5. The Hall–Kier alpha value is -4.85. The molecule has 0 atom stereocenters. The van der Waals surface area contributed by atoms with Crippen LogP contribution in [0.1, 0.15) is 29.8 Å². The fraction of sp³-hybridized carbons (Fsp3) is 0.133. The second-order valence-corrected chi connectivity index (χ2v) is 9.45. The minimum Gasteiger partial charge on any atom is -0.358 e. The third kappa shape index (κ3) is 4.41. The fourth-order valence-electron chi connectivity index (χ4n) is 4.61.